The lowest BCUT2D eigenvalue weighted by Crippen LogP contribution is -2.38. The fourth-order valence-corrected chi connectivity index (χ4v) is 1.07. The van der Waals surface area contributed by atoms with Gasteiger partial charge in [-0.05, 0) is 5.92 Å². The molecule has 60 valence electrons. The first kappa shape index (κ1) is 9.72. The van der Waals surface area contributed by atoms with E-state index in [1.807, 2.05) is 6.92 Å². The second-order valence-electron chi connectivity index (χ2n) is 2.19. The van der Waals surface area contributed by atoms with Gasteiger partial charge in [0.25, 0.3) is 0 Å². The van der Waals surface area contributed by atoms with Gasteiger partial charge >= 0.3 is 5.97 Å². The molecule has 0 aliphatic carbocycles. The van der Waals surface area contributed by atoms with Crippen LogP contribution in [0.4, 0.5) is 0 Å². The van der Waals surface area contributed by atoms with Gasteiger partial charge in [-0.2, -0.15) is 0 Å². The summed E-state index contributed by atoms with van der Waals surface area (Å²) in [7, 11) is 0. The Morgan fingerprint density at radius 3 is 2.40 bits per heavy atom. The van der Waals surface area contributed by atoms with Crippen LogP contribution < -0.4 is 5.73 Å². The molecule has 0 aromatic heterocycles. The average molecular weight is 166 g/mol. The van der Waals surface area contributed by atoms with Gasteiger partial charge in [0.2, 0.25) is 0 Å². The highest BCUT2D eigenvalue weighted by atomic mass is 35.5. The molecule has 0 radical (unpaired) electrons. The molecular weight excluding hydrogens is 154 g/mol. The number of carboxylic acids is 1. The van der Waals surface area contributed by atoms with Crippen LogP contribution in [0.1, 0.15) is 13.3 Å². The van der Waals surface area contributed by atoms with Crippen molar-refractivity contribution in [3.8, 4) is 0 Å². The quantitative estimate of drug-likeness (QED) is 0.602. The standard InChI is InChI=1S/C6H12ClNO2/c1-2-4(3-7)5(8)6(9)10/h4-5H,2-3,8H2,1H3,(H,9,10)/t4-,5-/m0/s1. The Bertz CT molecular complexity index is 114. The maximum atomic E-state index is 10.3. The highest BCUT2D eigenvalue weighted by Gasteiger charge is 2.21. The zero-order chi connectivity index (χ0) is 8.15. The number of carboxylic acid groups (broad SMARTS) is 1. The molecule has 0 bridgehead atoms. The monoisotopic (exact) mass is 165 g/mol. The smallest absolute Gasteiger partial charge is 0.320 e. The van der Waals surface area contributed by atoms with Gasteiger partial charge in [-0.15, -0.1) is 11.6 Å². The van der Waals surface area contributed by atoms with Crippen LogP contribution in [0.25, 0.3) is 0 Å². The molecule has 4 heteroatoms. The number of aliphatic carboxylic acids is 1. The molecule has 0 spiro atoms. The normalized spacial score (nSPS) is 16.3. The first-order valence-corrected chi connectivity index (χ1v) is 3.71. The van der Waals surface area contributed by atoms with Crippen LogP contribution in [0.3, 0.4) is 0 Å². The summed E-state index contributed by atoms with van der Waals surface area (Å²) in [5, 5.41) is 8.43. The molecule has 0 aliphatic heterocycles. The zero-order valence-electron chi connectivity index (χ0n) is 5.88. The molecule has 0 aromatic rings. The zero-order valence-corrected chi connectivity index (χ0v) is 6.64. The van der Waals surface area contributed by atoms with E-state index in [4.69, 9.17) is 22.4 Å². The summed E-state index contributed by atoms with van der Waals surface area (Å²) in [5.74, 6) is -0.782. The maximum Gasteiger partial charge on any atom is 0.320 e. The van der Waals surface area contributed by atoms with E-state index in [0.717, 1.165) is 0 Å². The number of alkyl halides is 1. The third-order valence-corrected chi connectivity index (χ3v) is 1.91. The number of rotatable bonds is 4. The highest BCUT2D eigenvalue weighted by molar-refractivity contribution is 6.18. The minimum Gasteiger partial charge on any atom is -0.480 e. The van der Waals surface area contributed by atoms with Crippen LogP contribution >= 0.6 is 11.6 Å². The molecule has 0 aromatic carbocycles. The van der Waals surface area contributed by atoms with Crippen LogP contribution in [-0.2, 0) is 4.79 Å². The van der Waals surface area contributed by atoms with Crippen LogP contribution in [0.2, 0.25) is 0 Å². The van der Waals surface area contributed by atoms with Crippen LogP contribution in [0.5, 0.6) is 0 Å². The van der Waals surface area contributed by atoms with Gasteiger partial charge in [-0.1, -0.05) is 13.3 Å². The molecule has 0 saturated heterocycles. The predicted octanol–water partition coefficient (Wildman–Crippen LogP) is 0.663. The van der Waals surface area contributed by atoms with Crippen molar-refractivity contribution in [2.24, 2.45) is 11.7 Å². The summed E-state index contributed by atoms with van der Waals surface area (Å²) in [6.07, 6.45) is 0.705. The van der Waals surface area contributed by atoms with Gasteiger partial charge in [0, 0.05) is 5.88 Å². The summed E-state index contributed by atoms with van der Waals surface area (Å²) < 4.78 is 0. The van der Waals surface area contributed by atoms with E-state index in [2.05, 4.69) is 0 Å². The Morgan fingerprint density at radius 2 is 2.30 bits per heavy atom. The molecule has 0 amide bonds. The SMILES string of the molecule is CC[C@@H](CCl)[C@H](N)C(=O)O. The van der Waals surface area contributed by atoms with Crippen molar-refractivity contribution in [1.82, 2.24) is 0 Å². The van der Waals surface area contributed by atoms with E-state index in [-0.39, 0.29) is 5.92 Å². The van der Waals surface area contributed by atoms with Gasteiger partial charge in [-0.25, -0.2) is 0 Å². The average Bonchev–Trinajstić information content (AvgIpc) is 1.90. The fraction of sp³-hybridized carbons (Fsp3) is 0.833. The summed E-state index contributed by atoms with van der Waals surface area (Å²) in [6, 6.07) is -0.817. The molecule has 0 unspecified atom stereocenters. The van der Waals surface area contributed by atoms with E-state index in [1.165, 1.54) is 0 Å². The number of hydrogen-bond acceptors (Lipinski definition) is 2. The van der Waals surface area contributed by atoms with Gasteiger partial charge in [0.1, 0.15) is 6.04 Å². The minimum absolute atomic E-state index is 0.112. The third kappa shape index (κ3) is 2.54. The Morgan fingerprint density at radius 1 is 1.80 bits per heavy atom. The van der Waals surface area contributed by atoms with Gasteiger partial charge in [0.15, 0.2) is 0 Å². The van der Waals surface area contributed by atoms with E-state index >= 15 is 0 Å². The van der Waals surface area contributed by atoms with Crippen molar-refractivity contribution < 1.29 is 9.90 Å². The Kier molecular flexibility index (Phi) is 4.40. The topological polar surface area (TPSA) is 63.3 Å². The molecular formula is C6H12ClNO2. The van der Waals surface area contributed by atoms with E-state index in [0.29, 0.717) is 12.3 Å². The van der Waals surface area contributed by atoms with E-state index in [9.17, 15) is 4.79 Å². The number of nitrogens with two attached hydrogens (primary N) is 1. The number of carbonyl (C=O) groups is 1. The molecule has 0 aliphatic rings. The summed E-state index contributed by atoms with van der Waals surface area (Å²) in [5.41, 5.74) is 5.30. The Labute approximate surface area is 65.2 Å². The lowest BCUT2D eigenvalue weighted by molar-refractivity contribution is -0.139. The van der Waals surface area contributed by atoms with Crippen molar-refractivity contribution in [3.05, 3.63) is 0 Å². The second kappa shape index (κ2) is 4.52. The maximum absolute atomic E-state index is 10.3. The molecule has 0 fully saturated rings. The molecule has 3 N–H and O–H groups in total. The number of halogens is 1. The van der Waals surface area contributed by atoms with Crippen molar-refractivity contribution in [2.75, 3.05) is 5.88 Å². The lowest BCUT2D eigenvalue weighted by Gasteiger charge is -2.14. The van der Waals surface area contributed by atoms with Gasteiger partial charge < -0.3 is 10.8 Å². The minimum atomic E-state index is -0.979. The predicted molar refractivity (Wildman–Crippen MR) is 40.1 cm³/mol. The molecule has 3 nitrogen and oxygen atoms in total. The summed E-state index contributed by atoms with van der Waals surface area (Å²) in [4.78, 5) is 10.3. The van der Waals surface area contributed by atoms with Gasteiger partial charge in [-0.3, -0.25) is 4.79 Å². The van der Waals surface area contributed by atoms with Crippen molar-refractivity contribution in [3.63, 3.8) is 0 Å². The highest BCUT2D eigenvalue weighted by Crippen LogP contribution is 2.08. The molecule has 10 heavy (non-hydrogen) atoms. The summed E-state index contributed by atoms with van der Waals surface area (Å²) in [6.45, 7) is 1.87. The first-order valence-electron chi connectivity index (χ1n) is 3.17. The molecule has 2 atom stereocenters. The van der Waals surface area contributed by atoms with E-state index in [1.54, 1.807) is 0 Å². The molecule has 0 heterocycles. The largest absolute Gasteiger partial charge is 0.480 e. The molecule has 0 saturated carbocycles. The number of hydrogen-bond donors (Lipinski definition) is 2. The lowest BCUT2D eigenvalue weighted by atomic mass is 10.0. The van der Waals surface area contributed by atoms with Crippen LogP contribution in [0, 0.1) is 5.92 Å². The van der Waals surface area contributed by atoms with Crippen molar-refractivity contribution in [2.45, 2.75) is 19.4 Å². The van der Waals surface area contributed by atoms with Gasteiger partial charge in [0.05, 0.1) is 0 Å². The first-order chi connectivity index (χ1) is 4.63. The second-order valence-corrected chi connectivity index (χ2v) is 2.50. The molecule has 0 rings (SSSR count). The van der Waals surface area contributed by atoms with Crippen molar-refractivity contribution in [1.29, 1.82) is 0 Å². The fourth-order valence-electron chi connectivity index (χ4n) is 0.661. The van der Waals surface area contributed by atoms with Crippen molar-refractivity contribution >= 4 is 17.6 Å². The van der Waals surface area contributed by atoms with E-state index < -0.39 is 12.0 Å². The Hall–Kier alpha value is -0.280. The summed E-state index contributed by atoms with van der Waals surface area (Å²) >= 11 is 5.46. The van der Waals surface area contributed by atoms with Crippen LogP contribution in [-0.4, -0.2) is 23.0 Å². The third-order valence-electron chi connectivity index (χ3n) is 1.52. The van der Waals surface area contributed by atoms with Crippen LogP contribution in [0.15, 0.2) is 0 Å². The Balaban J connectivity index is 3.88.